The molecule has 0 spiro atoms. The number of hydrogen-bond donors (Lipinski definition) is 3. The zero-order chi connectivity index (χ0) is 26.6. The smallest absolute Gasteiger partial charge is 0.419 e. The van der Waals surface area contributed by atoms with E-state index in [0.717, 1.165) is 22.1 Å². The zero-order valence-corrected chi connectivity index (χ0v) is 19.7. The van der Waals surface area contributed by atoms with E-state index in [1.54, 1.807) is 12.1 Å². The molecule has 10 heteroatoms. The number of ether oxygens (including phenoxy) is 1. The van der Waals surface area contributed by atoms with Crippen LogP contribution in [0.25, 0.3) is 22.4 Å². The number of hydrogen-bond acceptors (Lipinski definition) is 4. The van der Waals surface area contributed by atoms with Crippen molar-refractivity contribution in [1.82, 2.24) is 9.97 Å². The fourth-order valence-corrected chi connectivity index (χ4v) is 3.78. The highest BCUT2D eigenvalue weighted by Crippen LogP contribution is 2.39. The van der Waals surface area contributed by atoms with Gasteiger partial charge < -0.3 is 19.9 Å². The Kier molecular flexibility index (Phi) is 7.49. The van der Waals surface area contributed by atoms with Crippen LogP contribution in [-0.2, 0) is 12.8 Å². The number of rotatable bonds is 8. The number of carboxylic acid groups (broad SMARTS) is 1. The molecular weight excluding hydrogens is 487 g/mol. The highest BCUT2D eigenvalue weighted by Gasteiger charge is 2.35. The number of anilines is 1. The molecule has 0 aliphatic carbocycles. The van der Waals surface area contributed by atoms with E-state index in [2.05, 4.69) is 9.97 Å². The average molecular weight is 512 g/mol. The average Bonchev–Trinajstić information content (AvgIpc) is 3.37. The maximum Gasteiger partial charge on any atom is 0.419 e. The van der Waals surface area contributed by atoms with Crippen LogP contribution in [0.2, 0.25) is 0 Å². The molecule has 0 saturated heterocycles. The van der Waals surface area contributed by atoms with Crippen molar-refractivity contribution in [2.75, 3.05) is 11.5 Å². The first kappa shape index (κ1) is 25.8. The van der Waals surface area contributed by atoms with Gasteiger partial charge in [0.15, 0.2) is 0 Å². The van der Waals surface area contributed by atoms with Crippen molar-refractivity contribution in [1.29, 1.82) is 0 Å². The Morgan fingerprint density at radius 3 is 2.30 bits per heavy atom. The summed E-state index contributed by atoms with van der Waals surface area (Å²) >= 11 is 0. The number of benzene rings is 3. The summed E-state index contributed by atoms with van der Waals surface area (Å²) < 4.78 is 47.2. The third-order valence-electron chi connectivity index (χ3n) is 5.75. The number of nitrogens with zero attached hydrogens (tertiary/aromatic N) is 2. The molecule has 1 atom stereocenters. The summed E-state index contributed by atoms with van der Waals surface area (Å²) in [6.07, 6.45) is -4.82. The topological polar surface area (TPSA) is 98.7 Å². The summed E-state index contributed by atoms with van der Waals surface area (Å²) in [6, 6.07) is 19.9. The van der Waals surface area contributed by atoms with Crippen molar-refractivity contribution < 1.29 is 32.9 Å². The van der Waals surface area contributed by atoms with Gasteiger partial charge in [-0.1, -0.05) is 54.6 Å². The van der Waals surface area contributed by atoms with Crippen LogP contribution in [0.15, 0.2) is 79.0 Å². The van der Waals surface area contributed by atoms with E-state index in [4.69, 9.17) is 4.74 Å². The molecule has 1 heterocycles. The van der Waals surface area contributed by atoms with Gasteiger partial charge in [0.1, 0.15) is 12.4 Å². The summed E-state index contributed by atoms with van der Waals surface area (Å²) in [5.74, 6) is -0.443. The molecule has 3 aromatic carbocycles. The van der Waals surface area contributed by atoms with Gasteiger partial charge in [0.25, 0.3) is 0 Å². The molecule has 7 nitrogen and oxygen atoms in total. The first-order valence-electron chi connectivity index (χ1n) is 11.3. The quantitative estimate of drug-likeness (QED) is 0.261. The fourth-order valence-electron chi connectivity index (χ4n) is 3.78. The van der Waals surface area contributed by atoms with Gasteiger partial charge in [-0.25, -0.2) is 14.7 Å². The predicted molar refractivity (Wildman–Crippen MR) is 132 cm³/mol. The van der Waals surface area contributed by atoms with Crippen molar-refractivity contribution >= 4 is 12.0 Å². The largest absolute Gasteiger partial charge is 0.488 e. The number of aliphatic hydroxyl groups excluding tert-OH is 1. The minimum Gasteiger partial charge on any atom is -0.488 e. The van der Waals surface area contributed by atoms with Crippen LogP contribution in [0.1, 0.15) is 18.1 Å². The van der Waals surface area contributed by atoms with E-state index in [1.807, 2.05) is 42.5 Å². The molecule has 1 aromatic heterocycles. The number of amides is 1. The number of aromatic nitrogens is 2. The lowest BCUT2D eigenvalue weighted by molar-refractivity contribution is -0.139. The number of aliphatic hydroxyl groups is 1. The van der Waals surface area contributed by atoms with Crippen molar-refractivity contribution in [3.63, 3.8) is 0 Å². The summed E-state index contributed by atoms with van der Waals surface area (Å²) in [7, 11) is 0. The Morgan fingerprint density at radius 1 is 1.03 bits per heavy atom. The first-order chi connectivity index (χ1) is 17.7. The molecular formula is C27H24F3N3O4. The van der Waals surface area contributed by atoms with E-state index in [9.17, 15) is 28.2 Å². The van der Waals surface area contributed by atoms with Gasteiger partial charge in [-0.05, 0) is 41.8 Å². The lowest BCUT2D eigenvalue weighted by atomic mass is 10.0. The van der Waals surface area contributed by atoms with Gasteiger partial charge in [0, 0.05) is 5.56 Å². The minimum atomic E-state index is -4.69. The molecule has 37 heavy (non-hydrogen) atoms. The van der Waals surface area contributed by atoms with Crippen molar-refractivity contribution in [2.24, 2.45) is 0 Å². The summed E-state index contributed by atoms with van der Waals surface area (Å²) in [4.78, 5) is 19.0. The number of carbonyl (C=O) groups is 1. The second-order valence-corrected chi connectivity index (χ2v) is 8.36. The lowest BCUT2D eigenvalue weighted by Gasteiger charge is -2.21. The molecule has 0 saturated carbocycles. The molecule has 1 amide bonds. The molecule has 0 radical (unpaired) electrons. The molecule has 3 N–H and O–H groups in total. The normalized spacial score (nSPS) is 12.2. The van der Waals surface area contributed by atoms with Gasteiger partial charge in [-0.3, -0.25) is 0 Å². The number of imidazole rings is 1. The summed E-state index contributed by atoms with van der Waals surface area (Å²) in [6.45, 7) is 0.958. The molecule has 0 bridgehead atoms. The van der Waals surface area contributed by atoms with Crippen molar-refractivity contribution in [3.05, 3.63) is 90.1 Å². The fraction of sp³-hybridized carbons (Fsp3) is 0.185. The molecule has 0 aliphatic rings. The van der Waals surface area contributed by atoms with Gasteiger partial charge in [0.05, 0.1) is 30.1 Å². The second-order valence-electron chi connectivity index (χ2n) is 8.36. The Labute approximate surface area is 210 Å². The Morgan fingerprint density at radius 2 is 1.68 bits per heavy atom. The lowest BCUT2D eigenvalue weighted by Crippen LogP contribution is -2.40. The SMILES string of the molecule is CC(CO)N(C(=O)O)c1ncc(-c2ccc(OCc3ccc(-c4ccccc4)cc3)c(C(F)(F)F)c2)[nH]1. The minimum absolute atomic E-state index is 0.0572. The van der Waals surface area contributed by atoms with Crippen LogP contribution in [0, 0.1) is 0 Å². The number of alkyl halides is 3. The van der Waals surface area contributed by atoms with Crippen LogP contribution in [0.3, 0.4) is 0 Å². The predicted octanol–water partition coefficient (Wildman–Crippen LogP) is 6.21. The molecule has 1 unspecified atom stereocenters. The van der Waals surface area contributed by atoms with Crippen LogP contribution in [0.5, 0.6) is 5.75 Å². The van der Waals surface area contributed by atoms with Crippen LogP contribution in [0.4, 0.5) is 23.9 Å². The highest BCUT2D eigenvalue weighted by atomic mass is 19.4. The van der Waals surface area contributed by atoms with E-state index in [0.29, 0.717) is 5.56 Å². The first-order valence-corrected chi connectivity index (χ1v) is 11.3. The number of aromatic amines is 1. The maximum atomic E-state index is 13.9. The Bertz CT molecular complexity index is 1360. The molecule has 192 valence electrons. The van der Waals surface area contributed by atoms with E-state index >= 15 is 0 Å². The zero-order valence-electron chi connectivity index (χ0n) is 19.7. The van der Waals surface area contributed by atoms with E-state index < -0.39 is 30.5 Å². The van der Waals surface area contributed by atoms with E-state index in [-0.39, 0.29) is 29.6 Å². The molecule has 0 fully saturated rings. The molecule has 4 aromatic rings. The van der Waals surface area contributed by atoms with E-state index in [1.165, 1.54) is 25.3 Å². The second kappa shape index (κ2) is 10.8. The van der Waals surface area contributed by atoms with Crippen molar-refractivity contribution in [3.8, 4) is 28.1 Å². The summed E-state index contributed by atoms with van der Waals surface area (Å²) in [5.41, 5.74) is 2.08. The van der Waals surface area contributed by atoms with Crippen molar-refractivity contribution in [2.45, 2.75) is 25.7 Å². The van der Waals surface area contributed by atoms with Gasteiger partial charge in [-0.15, -0.1) is 0 Å². The molecule has 0 aliphatic heterocycles. The number of halogens is 3. The summed E-state index contributed by atoms with van der Waals surface area (Å²) in [5, 5.41) is 18.7. The van der Waals surface area contributed by atoms with Gasteiger partial charge in [-0.2, -0.15) is 13.2 Å². The third-order valence-corrected chi connectivity index (χ3v) is 5.75. The van der Waals surface area contributed by atoms with Crippen LogP contribution < -0.4 is 9.64 Å². The molecule has 4 rings (SSSR count). The van der Waals surface area contributed by atoms with Crippen LogP contribution in [-0.4, -0.2) is 38.9 Å². The monoisotopic (exact) mass is 511 g/mol. The Hall–Kier alpha value is -4.31. The Balaban J connectivity index is 1.55. The number of H-pyrrole nitrogens is 1. The van der Waals surface area contributed by atoms with Gasteiger partial charge in [0.2, 0.25) is 5.95 Å². The van der Waals surface area contributed by atoms with Gasteiger partial charge >= 0.3 is 12.3 Å². The maximum absolute atomic E-state index is 13.9. The third kappa shape index (κ3) is 5.92. The highest BCUT2D eigenvalue weighted by molar-refractivity contribution is 5.84. The van der Waals surface area contributed by atoms with Crippen LogP contribution >= 0.6 is 0 Å². The standard InChI is InChI=1S/C27H24F3N3O4/c1-17(15-34)33(26(35)36)25-31-14-23(32-25)21-11-12-24(22(13-21)27(28,29)30)37-16-18-7-9-20(10-8-18)19-5-3-2-4-6-19/h2-14,17,34H,15-16H2,1H3,(H,31,32)(H,35,36). The number of nitrogens with one attached hydrogen (secondary N) is 1.